The maximum absolute atomic E-state index is 5.97. The summed E-state index contributed by atoms with van der Waals surface area (Å²) in [6.45, 7) is 11.2. The predicted molar refractivity (Wildman–Crippen MR) is 84.0 cm³/mol. The summed E-state index contributed by atoms with van der Waals surface area (Å²) in [5.41, 5.74) is 1.84. The Bertz CT molecular complexity index is 387. The highest BCUT2D eigenvalue weighted by atomic mass is 28.2. The van der Waals surface area contributed by atoms with Crippen LogP contribution in [0.3, 0.4) is 0 Å². The lowest BCUT2D eigenvalue weighted by Gasteiger charge is -2.17. The van der Waals surface area contributed by atoms with Gasteiger partial charge in [-0.1, -0.05) is 51.1 Å². The molecule has 0 radical (unpaired) electrons. The van der Waals surface area contributed by atoms with Crippen molar-refractivity contribution in [1.82, 2.24) is 4.90 Å². The monoisotopic (exact) mass is 277 g/mol. The first-order valence-corrected chi connectivity index (χ1v) is 8.92. The van der Waals surface area contributed by atoms with Crippen LogP contribution in [0.5, 0.6) is 0 Å². The van der Waals surface area contributed by atoms with Gasteiger partial charge < -0.3 is 4.43 Å². The Kier molecular flexibility index (Phi) is 4.82. The molecule has 3 unspecified atom stereocenters. The number of hydrogen-bond acceptors (Lipinski definition) is 2. The van der Waals surface area contributed by atoms with E-state index in [-0.39, 0.29) is 9.76 Å². The molecule has 1 heterocycles. The molecule has 106 valence electrons. The largest absolute Gasteiger partial charge is 0.422 e. The second-order valence-electron chi connectivity index (χ2n) is 6.85. The molecule has 0 bridgehead atoms. The van der Waals surface area contributed by atoms with Gasteiger partial charge in [-0.25, -0.2) is 0 Å². The van der Waals surface area contributed by atoms with E-state index in [0.717, 1.165) is 13.2 Å². The summed E-state index contributed by atoms with van der Waals surface area (Å²) < 4.78 is 5.97. The van der Waals surface area contributed by atoms with E-state index in [1.807, 2.05) is 0 Å². The maximum atomic E-state index is 5.97. The standard InChI is InChI=1S/C16H27NOSi/c1-13-15(11-18-19-12-16(2,3)4)17(13)10-14-8-6-5-7-9-14/h5-9,13,15H,10-12,19H2,1-4H3. The molecule has 19 heavy (non-hydrogen) atoms. The summed E-state index contributed by atoms with van der Waals surface area (Å²) in [5.74, 6) is 0. The first-order valence-electron chi connectivity index (χ1n) is 7.35. The summed E-state index contributed by atoms with van der Waals surface area (Å²) in [7, 11) is -0.338. The molecular weight excluding hydrogens is 250 g/mol. The van der Waals surface area contributed by atoms with Gasteiger partial charge in [0.25, 0.3) is 0 Å². The molecule has 0 amide bonds. The molecule has 1 aromatic carbocycles. The van der Waals surface area contributed by atoms with Crippen molar-refractivity contribution in [3.63, 3.8) is 0 Å². The van der Waals surface area contributed by atoms with Gasteiger partial charge in [-0.3, -0.25) is 4.90 Å². The van der Waals surface area contributed by atoms with Crippen molar-refractivity contribution in [2.75, 3.05) is 6.61 Å². The molecule has 3 heteroatoms. The van der Waals surface area contributed by atoms with E-state index < -0.39 is 0 Å². The summed E-state index contributed by atoms with van der Waals surface area (Å²) in [6, 6.07) is 13.3. The molecule has 0 saturated carbocycles. The summed E-state index contributed by atoms with van der Waals surface area (Å²) in [5, 5.41) is 0. The maximum Gasteiger partial charge on any atom is 0.162 e. The third-order valence-corrected chi connectivity index (χ3v) is 6.14. The molecule has 1 saturated heterocycles. The van der Waals surface area contributed by atoms with Crippen LogP contribution in [0.15, 0.2) is 30.3 Å². The first kappa shape index (κ1) is 14.8. The smallest absolute Gasteiger partial charge is 0.162 e. The van der Waals surface area contributed by atoms with Crippen LogP contribution in [0, 0.1) is 5.41 Å². The molecule has 0 N–H and O–H groups in total. The number of hydrogen-bond donors (Lipinski definition) is 0. The van der Waals surface area contributed by atoms with Crippen LogP contribution in [-0.4, -0.2) is 33.4 Å². The Morgan fingerprint density at radius 1 is 1.21 bits per heavy atom. The fraction of sp³-hybridized carbons (Fsp3) is 0.625. The molecular formula is C16H27NOSi. The van der Waals surface area contributed by atoms with Crippen LogP contribution in [0.2, 0.25) is 6.04 Å². The molecule has 1 aliphatic heterocycles. The van der Waals surface area contributed by atoms with Crippen LogP contribution >= 0.6 is 0 Å². The molecule has 1 aromatic rings. The first-order chi connectivity index (χ1) is 8.97. The van der Waals surface area contributed by atoms with Gasteiger partial charge in [0.05, 0.1) is 6.61 Å². The van der Waals surface area contributed by atoms with Gasteiger partial charge in [-0.15, -0.1) is 0 Å². The molecule has 1 fully saturated rings. The summed E-state index contributed by atoms with van der Waals surface area (Å²) >= 11 is 0. The van der Waals surface area contributed by atoms with Crippen molar-refractivity contribution in [3.05, 3.63) is 35.9 Å². The highest BCUT2D eigenvalue weighted by Gasteiger charge is 2.43. The Labute approximate surface area is 120 Å². The van der Waals surface area contributed by atoms with Crippen molar-refractivity contribution in [2.24, 2.45) is 5.41 Å². The molecule has 0 aromatic heterocycles. The normalized spacial score (nSPS) is 27.1. The fourth-order valence-corrected chi connectivity index (χ4v) is 3.52. The third kappa shape index (κ3) is 4.75. The quantitative estimate of drug-likeness (QED) is 0.450. The summed E-state index contributed by atoms with van der Waals surface area (Å²) in [4.78, 5) is 2.53. The number of nitrogens with zero attached hydrogens (tertiary/aromatic N) is 1. The van der Waals surface area contributed by atoms with Gasteiger partial charge in [0.2, 0.25) is 0 Å². The Morgan fingerprint density at radius 2 is 1.89 bits per heavy atom. The van der Waals surface area contributed by atoms with E-state index >= 15 is 0 Å². The lowest BCUT2D eigenvalue weighted by molar-refractivity contribution is 0.297. The van der Waals surface area contributed by atoms with Crippen LogP contribution in [-0.2, 0) is 11.0 Å². The lowest BCUT2D eigenvalue weighted by Crippen LogP contribution is -2.15. The minimum absolute atomic E-state index is 0.338. The van der Waals surface area contributed by atoms with E-state index in [2.05, 4.69) is 62.9 Å². The minimum Gasteiger partial charge on any atom is -0.422 e. The topological polar surface area (TPSA) is 12.2 Å². The van der Waals surface area contributed by atoms with Crippen molar-refractivity contribution >= 4 is 9.76 Å². The minimum atomic E-state index is -0.338. The number of benzene rings is 1. The summed E-state index contributed by atoms with van der Waals surface area (Å²) in [6.07, 6.45) is 0. The van der Waals surface area contributed by atoms with Crippen LogP contribution in [0.25, 0.3) is 0 Å². The highest BCUT2D eigenvalue weighted by molar-refractivity contribution is 6.27. The Morgan fingerprint density at radius 3 is 2.53 bits per heavy atom. The zero-order chi connectivity index (χ0) is 13.9. The van der Waals surface area contributed by atoms with Gasteiger partial charge in [0.1, 0.15) is 0 Å². The van der Waals surface area contributed by atoms with Gasteiger partial charge in [0, 0.05) is 18.6 Å². The SMILES string of the molecule is CC1C(CO[SiH2]CC(C)(C)C)N1Cc1ccccc1. The molecule has 0 spiro atoms. The third-order valence-electron chi connectivity index (χ3n) is 3.91. The molecule has 2 nitrogen and oxygen atoms in total. The lowest BCUT2D eigenvalue weighted by atomic mass is 10.0. The van der Waals surface area contributed by atoms with Gasteiger partial charge in [-0.05, 0) is 23.9 Å². The van der Waals surface area contributed by atoms with Crippen molar-refractivity contribution in [1.29, 1.82) is 0 Å². The van der Waals surface area contributed by atoms with E-state index in [0.29, 0.717) is 17.5 Å². The van der Waals surface area contributed by atoms with E-state index in [1.54, 1.807) is 0 Å². The molecule has 3 atom stereocenters. The molecule has 1 aliphatic rings. The molecule has 0 aliphatic carbocycles. The van der Waals surface area contributed by atoms with Crippen molar-refractivity contribution in [3.8, 4) is 0 Å². The van der Waals surface area contributed by atoms with Crippen molar-refractivity contribution < 1.29 is 4.43 Å². The molecule has 2 rings (SSSR count). The van der Waals surface area contributed by atoms with Crippen LogP contribution < -0.4 is 0 Å². The number of rotatable bonds is 6. The predicted octanol–water partition coefficient (Wildman–Crippen LogP) is 2.82. The zero-order valence-electron chi connectivity index (χ0n) is 12.7. The average Bonchev–Trinajstić information content (AvgIpc) is 2.95. The second-order valence-corrected chi connectivity index (χ2v) is 8.17. The Hall–Kier alpha value is -0.643. The van der Waals surface area contributed by atoms with E-state index in [1.165, 1.54) is 11.6 Å². The van der Waals surface area contributed by atoms with E-state index in [4.69, 9.17) is 4.43 Å². The zero-order valence-corrected chi connectivity index (χ0v) is 14.1. The highest BCUT2D eigenvalue weighted by Crippen LogP contribution is 2.30. The Balaban J connectivity index is 1.67. The van der Waals surface area contributed by atoms with Crippen LogP contribution in [0.1, 0.15) is 33.3 Å². The van der Waals surface area contributed by atoms with E-state index in [9.17, 15) is 0 Å². The average molecular weight is 277 g/mol. The van der Waals surface area contributed by atoms with Gasteiger partial charge in [0.15, 0.2) is 9.76 Å². The van der Waals surface area contributed by atoms with Crippen molar-refractivity contribution in [2.45, 2.75) is 52.4 Å². The fourth-order valence-electron chi connectivity index (χ4n) is 2.35. The van der Waals surface area contributed by atoms with Gasteiger partial charge >= 0.3 is 0 Å². The van der Waals surface area contributed by atoms with Gasteiger partial charge in [-0.2, -0.15) is 0 Å². The second kappa shape index (κ2) is 6.20. The van der Waals surface area contributed by atoms with Crippen LogP contribution in [0.4, 0.5) is 0 Å².